The van der Waals surface area contributed by atoms with E-state index in [1.165, 1.54) is 0 Å². The third-order valence-corrected chi connectivity index (χ3v) is 0.586. The summed E-state index contributed by atoms with van der Waals surface area (Å²) >= 11 is 0. The Morgan fingerprint density at radius 1 is 1.25 bits per heavy atom. The van der Waals surface area contributed by atoms with Crippen molar-refractivity contribution in [2.75, 3.05) is 0 Å². The molecule has 0 aliphatic heterocycles. The van der Waals surface area contributed by atoms with Crippen molar-refractivity contribution in [1.29, 1.82) is 0 Å². The largest absolute Gasteiger partial charge is 3.00 e. The maximum atomic E-state index is 2.99. The van der Waals surface area contributed by atoms with Crippen LogP contribution >= 0.6 is 0 Å². The molecule has 0 saturated heterocycles. The Labute approximate surface area is 85.8 Å². The Balaban J connectivity index is -0.0000000833. The third-order valence-electron chi connectivity index (χ3n) is 0.586. The fourth-order valence-corrected chi connectivity index (χ4v) is 0.340. The van der Waals surface area contributed by atoms with Crippen LogP contribution in [0.4, 0.5) is 0 Å². The maximum absolute atomic E-state index is 2.99. The first-order chi connectivity index (χ1) is 2.50. The molecule has 1 aliphatic rings. The van der Waals surface area contributed by atoms with E-state index in [-0.39, 0.29) is 55.7 Å². The van der Waals surface area contributed by atoms with Gasteiger partial charge in [-0.15, -0.1) is 6.42 Å². The van der Waals surface area contributed by atoms with E-state index in [1.807, 2.05) is 12.2 Å². The quantitative estimate of drug-likeness (QED) is 0.307. The van der Waals surface area contributed by atoms with Crippen LogP contribution in [0.3, 0.4) is 0 Å². The van der Waals surface area contributed by atoms with E-state index in [0.29, 0.717) is 0 Å². The second-order valence-electron chi connectivity index (χ2n) is 1.00. The van der Waals surface area contributed by atoms with Gasteiger partial charge in [-0.05, 0) is 0 Å². The summed E-state index contributed by atoms with van der Waals surface area (Å²) in [6.45, 7) is 0. The molecule has 0 bridgehead atoms. The molecule has 3 heteroatoms. The summed E-state index contributed by atoms with van der Waals surface area (Å²) in [5, 5.41) is 0. The molecule has 0 saturated carbocycles. The van der Waals surface area contributed by atoms with E-state index >= 15 is 0 Å². The van der Waals surface area contributed by atoms with Gasteiger partial charge in [0, 0.05) is 0 Å². The maximum Gasteiger partial charge on any atom is 3.00 e. The van der Waals surface area contributed by atoms with Gasteiger partial charge in [-0.3, -0.25) is 6.08 Å². The molecule has 8 heavy (non-hydrogen) atoms. The molecule has 0 nitrogen and oxygen atoms in total. The van der Waals surface area contributed by atoms with E-state index in [4.69, 9.17) is 0 Å². The molecule has 1 radical (unpaired) electrons. The van der Waals surface area contributed by atoms with Gasteiger partial charge in [0.2, 0.25) is 0 Å². The molecular weight excluding hydrogens is 268 g/mol. The Kier molecular flexibility index (Phi) is 22.1. The minimum absolute atomic E-state index is 0. The van der Waals surface area contributed by atoms with Crippen molar-refractivity contribution >= 4 is 0 Å². The Morgan fingerprint density at radius 2 is 1.88 bits per heavy atom. The Hall–Kier alpha value is 1.15. The number of hydrogen-bond acceptors (Lipinski definition) is 0. The van der Waals surface area contributed by atoms with Crippen LogP contribution in [0.5, 0.6) is 0 Å². The van der Waals surface area contributed by atoms with E-state index in [2.05, 4.69) is 12.2 Å². The summed E-state index contributed by atoms with van der Waals surface area (Å²) in [6, 6.07) is 0. The average molecular weight is 273 g/mol. The molecule has 0 heterocycles. The zero-order valence-corrected chi connectivity index (χ0v) is 8.93. The summed E-state index contributed by atoms with van der Waals surface area (Å²) < 4.78 is 0. The van der Waals surface area contributed by atoms with Crippen LogP contribution in [0.2, 0.25) is 0 Å². The minimum Gasteiger partial charge on any atom is -1.00 e. The molecule has 0 amide bonds. The van der Waals surface area contributed by atoms with Crippen molar-refractivity contribution in [3.63, 3.8) is 0 Å². The van der Waals surface area contributed by atoms with Gasteiger partial charge in [0.25, 0.3) is 0 Å². The Morgan fingerprint density at radius 3 is 2.00 bits per heavy atom. The summed E-state index contributed by atoms with van der Waals surface area (Å²) in [4.78, 5) is 0. The zero-order chi connectivity index (χ0) is 3.54. The number of rotatable bonds is 0. The molecule has 1 aliphatic carbocycles. The molecular formula is C5H5Br2Ti. The average Bonchev–Trinajstić information content (AvgIpc) is 1.76. The molecule has 0 aromatic carbocycles. The predicted molar refractivity (Wildman–Crippen MR) is 21.6 cm³/mol. The van der Waals surface area contributed by atoms with Gasteiger partial charge >= 0.3 is 21.7 Å². The van der Waals surface area contributed by atoms with Gasteiger partial charge in [-0.1, -0.05) is 0 Å². The summed E-state index contributed by atoms with van der Waals surface area (Å²) in [5.74, 6) is 0. The molecule has 0 N–H and O–H groups in total. The van der Waals surface area contributed by atoms with Crippen LogP contribution in [0.15, 0.2) is 18.2 Å². The van der Waals surface area contributed by atoms with E-state index in [1.54, 1.807) is 0 Å². The minimum atomic E-state index is 0. The third kappa shape index (κ3) is 7.15. The number of hydrogen-bond donors (Lipinski definition) is 0. The van der Waals surface area contributed by atoms with Crippen molar-refractivity contribution in [2.24, 2.45) is 0 Å². The smallest absolute Gasteiger partial charge is 1.00 e. The molecule has 0 aromatic rings. The van der Waals surface area contributed by atoms with Crippen LogP contribution in [0.1, 0.15) is 6.42 Å². The second kappa shape index (κ2) is 11.0. The first kappa shape index (κ1) is 16.1. The topological polar surface area (TPSA) is 0 Å². The molecule has 0 unspecified atom stereocenters. The predicted octanol–water partition coefficient (Wildman–Crippen LogP) is -4.69. The van der Waals surface area contributed by atoms with Crippen LogP contribution < -0.4 is 34.0 Å². The summed E-state index contributed by atoms with van der Waals surface area (Å²) in [7, 11) is 0. The van der Waals surface area contributed by atoms with Gasteiger partial charge in [-0.2, -0.15) is 6.08 Å². The fraction of sp³-hybridized carbons (Fsp3) is 0.200. The van der Waals surface area contributed by atoms with Crippen molar-refractivity contribution in [2.45, 2.75) is 6.42 Å². The van der Waals surface area contributed by atoms with Crippen molar-refractivity contribution in [1.82, 2.24) is 0 Å². The number of allylic oxidation sites excluding steroid dienone is 4. The van der Waals surface area contributed by atoms with Crippen LogP contribution in [-0.4, -0.2) is 0 Å². The monoisotopic (exact) mass is 271 g/mol. The Bertz CT molecular complexity index is 68.5. The first-order valence-corrected chi connectivity index (χ1v) is 1.72. The van der Waals surface area contributed by atoms with Gasteiger partial charge in [0.1, 0.15) is 0 Å². The van der Waals surface area contributed by atoms with Crippen LogP contribution in [-0.2, 0) is 21.7 Å². The summed E-state index contributed by atoms with van der Waals surface area (Å²) in [6.07, 6.45) is 10.0. The molecule has 43 valence electrons. The van der Waals surface area contributed by atoms with E-state index < -0.39 is 0 Å². The fourth-order valence-electron chi connectivity index (χ4n) is 0.340. The summed E-state index contributed by atoms with van der Waals surface area (Å²) in [5.41, 5.74) is 0. The molecule has 1 rings (SSSR count). The van der Waals surface area contributed by atoms with E-state index in [0.717, 1.165) is 6.42 Å². The second-order valence-corrected chi connectivity index (χ2v) is 1.00. The molecule has 0 spiro atoms. The molecule has 0 fully saturated rings. The van der Waals surface area contributed by atoms with Crippen LogP contribution in [0, 0.1) is 6.08 Å². The standard InChI is InChI=1S/C5H5.2BrH.Ti/c1-2-4-5-3-1;;;/h1-3H,4H2;2*1H;/q-1;;;+3/p-2. The number of halogens is 2. The van der Waals surface area contributed by atoms with Crippen molar-refractivity contribution in [3.05, 3.63) is 24.3 Å². The zero-order valence-electron chi connectivity index (χ0n) is 4.20. The first-order valence-electron chi connectivity index (χ1n) is 1.72. The van der Waals surface area contributed by atoms with Crippen LogP contribution in [0.25, 0.3) is 0 Å². The molecule has 0 atom stereocenters. The molecule has 0 aromatic heterocycles. The van der Waals surface area contributed by atoms with E-state index in [9.17, 15) is 0 Å². The normalized spacial score (nSPS) is 11.0. The van der Waals surface area contributed by atoms with Gasteiger partial charge in [-0.25, -0.2) is 12.2 Å². The van der Waals surface area contributed by atoms with Crippen molar-refractivity contribution < 1.29 is 55.7 Å². The SMILES string of the molecule is [Br-].[Br-].[C-]1=CC=CC1.[Ti+3]. The van der Waals surface area contributed by atoms with Gasteiger partial charge < -0.3 is 34.0 Å². The van der Waals surface area contributed by atoms with Crippen molar-refractivity contribution in [3.8, 4) is 0 Å². The van der Waals surface area contributed by atoms with Gasteiger partial charge in [0.15, 0.2) is 0 Å². The van der Waals surface area contributed by atoms with Gasteiger partial charge in [0.05, 0.1) is 0 Å².